The summed E-state index contributed by atoms with van der Waals surface area (Å²) in [6.45, 7) is 4.78. The smallest absolute Gasteiger partial charge is 0.0503 e. The van der Waals surface area contributed by atoms with Gasteiger partial charge in [0.2, 0.25) is 0 Å². The molecule has 1 heteroatoms. The van der Waals surface area contributed by atoms with Gasteiger partial charge in [0, 0.05) is 11.1 Å². The minimum atomic E-state index is -0.231. The summed E-state index contributed by atoms with van der Waals surface area (Å²) in [6, 6.07) is 79.0. The number of hydrogen-bond acceptors (Lipinski definition) is 1. The molecule has 1 aliphatic carbocycles. The molecule has 0 radical (unpaired) electrons. The molecule has 1 aliphatic heterocycles. The van der Waals surface area contributed by atoms with E-state index >= 15 is 0 Å². The largest absolute Gasteiger partial charge is 0.310 e. The lowest BCUT2D eigenvalue weighted by Crippen LogP contribution is -2.30. The normalized spacial score (nSPS) is 13.5. The van der Waals surface area contributed by atoms with Crippen molar-refractivity contribution in [2.75, 3.05) is 4.90 Å². The Kier molecular flexibility index (Phi) is 8.71. The molecule has 11 rings (SSSR count). The van der Waals surface area contributed by atoms with Crippen LogP contribution in [-0.2, 0) is 18.3 Å². The van der Waals surface area contributed by atoms with Gasteiger partial charge in [-0.1, -0.05) is 196 Å². The average molecular weight is 768 g/mol. The fourth-order valence-electron chi connectivity index (χ4n) is 10.0. The van der Waals surface area contributed by atoms with Gasteiger partial charge in [0.1, 0.15) is 0 Å². The first-order valence-electron chi connectivity index (χ1n) is 21.2. The molecule has 0 N–H and O–H groups in total. The van der Waals surface area contributed by atoms with Gasteiger partial charge in [0.15, 0.2) is 0 Å². The number of benzene rings is 9. The van der Waals surface area contributed by atoms with Gasteiger partial charge < -0.3 is 4.90 Å². The summed E-state index contributed by atoms with van der Waals surface area (Å²) in [5.41, 5.74) is 24.1. The molecule has 1 heterocycles. The van der Waals surface area contributed by atoms with Gasteiger partial charge in [-0.25, -0.2) is 0 Å². The highest BCUT2D eigenvalue weighted by molar-refractivity contribution is 5.93. The van der Waals surface area contributed by atoms with E-state index in [0.717, 1.165) is 18.5 Å². The molecule has 0 saturated heterocycles. The topological polar surface area (TPSA) is 3.24 Å². The van der Waals surface area contributed by atoms with E-state index in [-0.39, 0.29) is 5.41 Å². The van der Waals surface area contributed by atoms with Gasteiger partial charge in [-0.3, -0.25) is 0 Å². The van der Waals surface area contributed by atoms with E-state index < -0.39 is 0 Å². The second-order valence-electron chi connectivity index (χ2n) is 16.8. The highest BCUT2D eigenvalue weighted by Crippen LogP contribution is 2.53. The maximum atomic E-state index is 2.49. The summed E-state index contributed by atoms with van der Waals surface area (Å²) in [6.07, 6.45) is 1.66. The van der Waals surface area contributed by atoms with Crippen molar-refractivity contribution in [3.8, 4) is 55.6 Å². The summed E-state index contributed by atoms with van der Waals surface area (Å²) in [4.78, 5) is 2.46. The molecule has 0 fully saturated rings. The fraction of sp³-hybridized carbons (Fsp3) is 0.0847. The third kappa shape index (κ3) is 6.00. The summed E-state index contributed by atoms with van der Waals surface area (Å²) >= 11 is 0. The van der Waals surface area contributed by atoms with Crippen LogP contribution in [0.4, 0.5) is 17.1 Å². The molecule has 0 unspecified atom stereocenters. The Labute approximate surface area is 353 Å². The molecule has 286 valence electrons. The van der Waals surface area contributed by atoms with Crippen LogP contribution in [-0.4, -0.2) is 0 Å². The van der Waals surface area contributed by atoms with Crippen LogP contribution >= 0.6 is 0 Å². The quantitative estimate of drug-likeness (QED) is 0.173. The Bertz CT molecular complexity index is 3060. The van der Waals surface area contributed by atoms with Crippen molar-refractivity contribution in [3.63, 3.8) is 0 Å². The Balaban J connectivity index is 1.11. The van der Waals surface area contributed by atoms with Crippen molar-refractivity contribution in [1.29, 1.82) is 0 Å². The molecule has 2 aliphatic rings. The minimum Gasteiger partial charge on any atom is -0.310 e. The molecular weight excluding hydrogens is 723 g/mol. The first-order valence-corrected chi connectivity index (χ1v) is 21.2. The number of anilines is 3. The lowest BCUT2D eigenvalue weighted by molar-refractivity contribution is 0.632. The van der Waals surface area contributed by atoms with Crippen molar-refractivity contribution < 1.29 is 0 Å². The Morgan fingerprint density at radius 2 is 0.800 bits per heavy atom. The zero-order valence-electron chi connectivity index (χ0n) is 34.1. The molecule has 9 aromatic rings. The van der Waals surface area contributed by atoms with Crippen molar-refractivity contribution in [1.82, 2.24) is 0 Å². The molecular formula is C59H45N. The molecule has 0 spiro atoms. The fourth-order valence-corrected chi connectivity index (χ4v) is 10.0. The lowest BCUT2D eigenvalue weighted by Gasteiger charge is -2.42. The van der Waals surface area contributed by atoms with Crippen molar-refractivity contribution >= 4 is 17.1 Å². The monoisotopic (exact) mass is 767 g/mol. The van der Waals surface area contributed by atoms with Crippen LogP contribution in [0, 0.1) is 0 Å². The highest BCUT2D eigenvalue weighted by Gasteiger charge is 2.37. The molecule has 60 heavy (non-hydrogen) atoms. The van der Waals surface area contributed by atoms with Gasteiger partial charge >= 0.3 is 0 Å². The zero-order chi connectivity index (χ0) is 40.2. The Morgan fingerprint density at radius 1 is 0.333 bits per heavy atom. The molecule has 1 nitrogen and oxygen atoms in total. The lowest BCUT2D eigenvalue weighted by atomic mass is 9.72. The van der Waals surface area contributed by atoms with Gasteiger partial charge in [-0.15, -0.1) is 0 Å². The average Bonchev–Trinajstić information content (AvgIpc) is 3.30. The molecule has 9 aromatic carbocycles. The van der Waals surface area contributed by atoms with Crippen molar-refractivity contribution in [3.05, 3.63) is 246 Å². The second-order valence-corrected chi connectivity index (χ2v) is 16.8. The molecule has 0 bridgehead atoms. The van der Waals surface area contributed by atoms with Crippen LogP contribution in [0.3, 0.4) is 0 Å². The van der Waals surface area contributed by atoms with Crippen LogP contribution in [0.25, 0.3) is 55.6 Å². The Morgan fingerprint density at radius 3 is 1.48 bits per heavy atom. The van der Waals surface area contributed by atoms with Crippen LogP contribution in [0.1, 0.15) is 47.2 Å². The maximum absolute atomic E-state index is 2.49. The van der Waals surface area contributed by atoms with Crippen LogP contribution in [0.15, 0.2) is 212 Å². The Hall–Kier alpha value is -7.22. The van der Waals surface area contributed by atoms with E-state index in [9.17, 15) is 0 Å². The molecule has 0 saturated carbocycles. The third-order valence-electron chi connectivity index (χ3n) is 13.0. The third-order valence-corrected chi connectivity index (χ3v) is 13.0. The van der Waals surface area contributed by atoms with E-state index in [2.05, 4.69) is 231 Å². The predicted octanol–water partition coefficient (Wildman–Crippen LogP) is 15.6. The molecule has 0 atom stereocenters. The number of nitrogens with zero attached hydrogens (tertiary/aromatic N) is 1. The summed E-state index contributed by atoms with van der Waals surface area (Å²) in [5, 5.41) is 0. The van der Waals surface area contributed by atoms with Crippen LogP contribution < -0.4 is 4.90 Å². The van der Waals surface area contributed by atoms with Gasteiger partial charge in [0.25, 0.3) is 0 Å². The van der Waals surface area contributed by atoms with Gasteiger partial charge in [-0.2, -0.15) is 0 Å². The van der Waals surface area contributed by atoms with Crippen LogP contribution in [0.5, 0.6) is 0 Å². The summed E-state index contributed by atoms with van der Waals surface area (Å²) in [7, 11) is 0. The van der Waals surface area contributed by atoms with E-state index in [1.165, 1.54) is 100 Å². The summed E-state index contributed by atoms with van der Waals surface area (Å²) in [5.74, 6) is 0. The van der Waals surface area contributed by atoms with Crippen LogP contribution in [0.2, 0.25) is 0 Å². The highest BCUT2D eigenvalue weighted by atomic mass is 15.2. The van der Waals surface area contributed by atoms with E-state index in [0.29, 0.717) is 0 Å². The van der Waals surface area contributed by atoms with Gasteiger partial charge in [-0.05, 0) is 132 Å². The zero-order valence-corrected chi connectivity index (χ0v) is 34.1. The van der Waals surface area contributed by atoms with Gasteiger partial charge in [0.05, 0.1) is 11.4 Å². The first kappa shape index (κ1) is 35.9. The molecule has 0 aromatic heterocycles. The second kappa shape index (κ2) is 14.6. The number of hydrogen-bond donors (Lipinski definition) is 0. The first-order chi connectivity index (χ1) is 29.5. The minimum absolute atomic E-state index is 0.231. The van der Waals surface area contributed by atoms with E-state index in [1.807, 2.05) is 0 Å². The number of fused-ring (bicyclic) bond motifs is 10. The van der Waals surface area contributed by atoms with E-state index in [4.69, 9.17) is 0 Å². The summed E-state index contributed by atoms with van der Waals surface area (Å²) < 4.78 is 0. The van der Waals surface area contributed by atoms with Crippen molar-refractivity contribution in [2.24, 2.45) is 0 Å². The standard InChI is InChI=1S/C59H45N/c1-59(2)54-29-14-15-30-56(54)60(47-34-31-41(32-35-47)40-17-4-3-5-18-40)57-36-33-45(39-55(57)59)51-28-16-22-46-38-43-20-7-10-24-49(43)53-27-13-12-26-52(53)48-23-9-6-19-42(48)37-44-21-8-11-25-50(44)58(46)51/h3-36,39H,37-38H2,1-2H3. The SMILES string of the molecule is CC1(C)c2ccccc2N(c2ccc(-c3ccccc3)cc2)c2ccc(-c3cccc4c3-c3ccccc3Cc3ccccc3-c3ccccc3-c3ccccc3C4)cc21. The number of para-hydroxylation sites is 1. The van der Waals surface area contributed by atoms with E-state index in [1.54, 1.807) is 0 Å². The predicted molar refractivity (Wildman–Crippen MR) is 252 cm³/mol. The molecule has 0 amide bonds. The van der Waals surface area contributed by atoms with Crippen molar-refractivity contribution in [2.45, 2.75) is 32.1 Å². The number of rotatable bonds is 3. The maximum Gasteiger partial charge on any atom is 0.0503 e.